The summed E-state index contributed by atoms with van der Waals surface area (Å²) >= 11 is 7.20. The van der Waals surface area contributed by atoms with Crippen LogP contribution >= 0.6 is 17.1 Å². The van der Waals surface area contributed by atoms with Crippen molar-refractivity contribution in [1.29, 1.82) is 0 Å². The Kier molecular flexibility index (Phi) is 11.1. The molecule has 0 spiro atoms. The minimum absolute atomic E-state index is 0.189. The minimum atomic E-state index is -2.35. The smallest absolute Gasteiger partial charge is 0.247 e. The molecule has 25 heavy (non-hydrogen) atoms. The van der Waals surface area contributed by atoms with Gasteiger partial charge in [0.2, 0.25) is 11.6 Å². The van der Waals surface area contributed by atoms with Gasteiger partial charge in [0.15, 0.2) is 0 Å². The van der Waals surface area contributed by atoms with Crippen LogP contribution in [0, 0.1) is 0 Å². The van der Waals surface area contributed by atoms with E-state index in [0.29, 0.717) is 25.7 Å². The maximum absolute atomic E-state index is 5.97. The summed E-state index contributed by atoms with van der Waals surface area (Å²) in [5.74, 6) is 2.36. The average Bonchev–Trinajstić information content (AvgIpc) is 2.59. The third-order valence-electron chi connectivity index (χ3n) is 2.94. The molecule has 0 unspecified atom stereocenters. The number of hydrogen-bond acceptors (Lipinski definition) is 8. The molecule has 0 aliphatic carbocycles. The minimum Gasteiger partial charge on any atom is -0.475 e. The number of hydrogen-bond donors (Lipinski definition) is 0. The second-order valence-corrected chi connectivity index (χ2v) is 12.0. The maximum Gasteiger partial charge on any atom is 0.247 e. The van der Waals surface area contributed by atoms with Gasteiger partial charge in [-0.3, -0.25) is 0 Å². The van der Waals surface area contributed by atoms with E-state index >= 15 is 0 Å². The topological polar surface area (TPSA) is 62.7 Å². The maximum atomic E-state index is 5.97. The van der Waals surface area contributed by atoms with Crippen molar-refractivity contribution in [2.75, 3.05) is 32.7 Å². The molecule has 0 aliphatic rings. The van der Waals surface area contributed by atoms with Crippen molar-refractivity contribution in [2.45, 2.75) is 46.6 Å². The van der Waals surface area contributed by atoms with Gasteiger partial charge in [-0.1, -0.05) is 32.2 Å². The molecule has 0 bridgehead atoms. The summed E-state index contributed by atoms with van der Waals surface area (Å²) in [6, 6.07) is 1.79. The molecule has 0 amide bonds. The van der Waals surface area contributed by atoms with E-state index in [-0.39, 0.29) is 12.5 Å². The van der Waals surface area contributed by atoms with Crippen LogP contribution in [0.1, 0.15) is 51.6 Å². The van der Waals surface area contributed by atoms with Gasteiger partial charge in [-0.2, -0.15) is 4.98 Å². The summed E-state index contributed by atoms with van der Waals surface area (Å²) in [4.78, 5) is 9.00. The van der Waals surface area contributed by atoms with E-state index < -0.39 is 5.69 Å². The second-order valence-electron chi connectivity index (χ2n) is 5.52. The van der Waals surface area contributed by atoms with Gasteiger partial charge in [0, 0.05) is 24.8 Å². The Morgan fingerprint density at radius 3 is 2.56 bits per heavy atom. The third kappa shape index (κ3) is 8.80. The summed E-state index contributed by atoms with van der Waals surface area (Å²) < 4.78 is 22.3. The fourth-order valence-electron chi connectivity index (χ4n) is 1.75. The first-order valence-corrected chi connectivity index (χ1v) is 12.7. The molecule has 0 saturated carbocycles. The third-order valence-corrected chi connectivity index (χ3v) is 8.57. The zero-order chi connectivity index (χ0) is 18.7. The molecule has 0 fully saturated rings. The van der Waals surface area contributed by atoms with Crippen LogP contribution in [0.2, 0.25) is 0 Å². The molecule has 0 radical (unpaired) electrons. The Balaban J connectivity index is 2.85. The molecule has 0 N–H and O–H groups in total. The Morgan fingerprint density at radius 2 is 1.96 bits per heavy atom. The Morgan fingerprint density at radius 1 is 1.20 bits per heavy atom. The lowest BCUT2D eigenvalue weighted by Gasteiger charge is -2.20. The van der Waals surface area contributed by atoms with Crippen LogP contribution in [0.3, 0.4) is 0 Å². The molecular formula is C16H29N2O4PS2. The number of aromatic nitrogens is 2. The quantitative estimate of drug-likeness (QED) is 0.348. The second kappa shape index (κ2) is 12.2. The van der Waals surface area contributed by atoms with Gasteiger partial charge in [0.1, 0.15) is 12.4 Å². The van der Waals surface area contributed by atoms with Crippen molar-refractivity contribution < 1.29 is 18.5 Å². The van der Waals surface area contributed by atoms with E-state index in [1.54, 1.807) is 24.6 Å². The van der Waals surface area contributed by atoms with Crippen molar-refractivity contribution in [3.8, 4) is 5.88 Å². The first-order valence-electron chi connectivity index (χ1n) is 8.47. The number of methoxy groups -OCH3 is 1. The normalized spacial score (nSPS) is 13.8. The number of ether oxygens (including phenoxy) is 2. The van der Waals surface area contributed by atoms with Crippen LogP contribution in [0.25, 0.3) is 0 Å². The highest BCUT2D eigenvalue weighted by atomic mass is 32.9. The first kappa shape index (κ1) is 22.8. The molecule has 1 atom stereocenters. The van der Waals surface area contributed by atoms with Crippen molar-refractivity contribution in [3.63, 3.8) is 0 Å². The average molecular weight is 409 g/mol. The summed E-state index contributed by atoms with van der Waals surface area (Å²) in [5, 5.41) is 0. The standard InChI is InChI=1S/C16H29N2O4PS2/c1-6-10-25-23(24,21-7-2)22-12-14-11-15(20-9-8-19-5)18-16(17-14)13(3)4/h11,13H,6-10,12H2,1-5H3/t23-/m0/s1. The molecule has 1 heterocycles. The molecule has 1 aromatic rings. The van der Waals surface area contributed by atoms with Crippen LogP contribution in [0.15, 0.2) is 6.07 Å². The van der Waals surface area contributed by atoms with Gasteiger partial charge in [0.05, 0.1) is 25.5 Å². The number of rotatable bonds is 13. The summed E-state index contributed by atoms with van der Waals surface area (Å²) in [5.41, 5.74) is -1.61. The van der Waals surface area contributed by atoms with Crippen LogP contribution in [0.4, 0.5) is 0 Å². The molecule has 9 heteroatoms. The number of nitrogens with zero attached hydrogens (tertiary/aromatic N) is 2. The van der Waals surface area contributed by atoms with E-state index in [0.717, 1.165) is 23.7 Å². The van der Waals surface area contributed by atoms with Gasteiger partial charge in [-0.05, 0) is 25.2 Å². The summed E-state index contributed by atoms with van der Waals surface area (Å²) in [7, 11) is 1.64. The Labute approximate surface area is 160 Å². The highest BCUT2D eigenvalue weighted by Crippen LogP contribution is 2.61. The zero-order valence-corrected chi connectivity index (χ0v) is 18.2. The lowest BCUT2D eigenvalue weighted by Crippen LogP contribution is -2.09. The molecule has 0 saturated heterocycles. The first-order chi connectivity index (χ1) is 11.9. The molecule has 6 nitrogen and oxygen atoms in total. The van der Waals surface area contributed by atoms with Crippen molar-refractivity contribution in [1.82, 2.24) is 9.97 Å². The van der Waals surface area contributed by atoms with Gasteiger partial charge in [0.25, 0.3) is 0 Å². The predicted octanol–water partition coefficient (Wildman–Crippen LogP) is 4.55. The summed E-state index contributed by atoms with van der Waals surface area (Å²) in [6.45, 7) is 9.90. The van der Waals surface area contributed by atoms with E-state index in [1.807, 2.05) is 20.8 Å². The van der Waals surface area contributed by atoms with Crippen LogP contribution in [0.5, 0.6) is 5.88 Å². The van der Waals surface area contributed by atoms with Gasteiger partial charge in [-0.25, -0.2) is 4.98 Å². The molecular weight excluding hydrogens is 379 g/mol. The molecule has 0 aromatic carbocycles. The van der Waals surface area contributed by atoms with Crippen molar-refractivity contribution in [2.24, 2.45) is 0 Å². The van der Waals surface area contributed by atoms with Crippen molar-refractivity contribution in [3.05, 3.63) is 17.6 Å². The highest BCUT2D eigenvalue weighted by Gasteiger charge is 2.20. The monoisotopic (exact) mass is 408 g/mol. The Hall–Kier alpha value is -0.240. The van der Waals surface area contributed by atoms with Gasteiger partial charge in [-0.15, -0.1) is 0 Å². The lowest BCUT2D eigenvalue weighted by atomic mass is 10.2. The van der Waals surface area contributed by atoms with Crippen LogP contribution in [-0.2, 0) is 32.2 Å². The van der Waals surface area contributed by atoms with Gasteiger partial charge < -0.3 is 18.5 Å². The SMILES string of the molecule is CCCS[P@@](=S)(OCC)OCc1cc(OCCOC)nc(C(C)C)n1. The highest BCUT2D eigenvalue weighted by molar-refractivity contribution is 8.67. The van der Waals surface area contributed by atoms with Crippen molar-refractivity contribution >= 4 is 28.9 Å². The van der Waals surface area contributed by atoms with Crippen LogP contribution < -0.4 is 4.74 Å². The molecule has 1 aromatic heterocycles. The Bertz CT molecular complexity index is 561. The molecule has 0 aliphatic heterocycles. The molecule has 1 rings (SSSR count). The fraction of sp³-hybridized carbons (Fsp3) is 0.750. The fourth-order valence-corrected chi connectivity index (χ4v) is 6.27. The van der Waals surface area contributed by atoms with Crippen LogP contribution in [-0.4, -0.2) is 42.7 Å². The van der Waals surface area contributed by atoms with E-state index in [2.05, 4.69) is 16.9 Å². The van der Waals surface area contributed by atoms with Gasteiger partial charge >= 0.3 is 0 Å². The zero-order valence-electron chi connectivity index (χ0n) is 15.7. The van der Waals surface area contributed by atoms with E-state index in [1.165, 1.54) is 0 Å². The van der Waals surface area contributed by atoms with E-state index in [4.69, 9.17) is 30.3 Å². The van der Waals surface area contributed by atoms with E-state index in [9.17, 15) is 0 Å². The largest absolute Gasteiger partial charge is 0.475 e. The predicted molar refractivity (Wildman–Crippen MR) is 107 cm³/mol. The summed E-state index contributed by atoms with van der Waals surface area (Å²) in [6.07, 6.45) is 1.03. The lowest BCUT2D eigenvalue weighted by molar-refractivity contribution is 0.143. The molecule has 144 valence electrons.